The second-order valence-electron chi connectivity index (χ2n) is 12.7. The number of hydrogen-bond acceptors (Lipinski definition) is 8. The van der Waals surface area contributed by atoms with E-state index in [0.29, 0.717) is 17.9 Å². The Morgan fingerprint density at radius 1 is 0.784 bits per heavy atom. The molecule has 1 aliphatic carbocycles. The van der Waals surface area contributed by atoms with E-state index in [1.807, 2.05) is 74.7 Å². The van der Waals surface area contributed by atoms with Crippen LogP contribution in [0.4, 0.5) is 4.79 Å². The number of fused-ring (bicyclic) bond motifs is 3. The Morgan fingerprint density at radius 2 is 1.41 bits per heavy atom. The topological polar surface area (TPSA) is 163 Å². The van der Waals surface area contributed by atoms with Crippen molar-refractivity contribution >= 4 is 53.3 Å². The van der Waals surface area contributed by atoms with Crippen molar-refractivity contribution < 1.29 is 33.8 Å². The molecule has 0 radical (unpaired) electrons. The van der Waals surface area contributed by atoms with Gasteiger partial charge < -0.3 is 31.1 Å². The van der Waals surface area contributed by atoms with Crippen LogP contribution in [-0.2, 0) is 30.5 Å². The molecule has 1 aliphatic rings. The fourth-order valence-electron chi connectivity index (χ4n) is 5.84. The molecule has 51 heavy (non-hydrogen) atoms. The number of amides is 4. The first-order chi connectivity index (χ1) is 24.6. The molecule has 13 heteroatoms. The molecule has 0 spiro atoms. The van der Waals surface area contributed by atoms with Gasteiger partial charge in [-0.05, 0) is 58.6 Å². The zero-order chi connectivity index (χ0) is 36.8. The van der Waals surface area contributed by atoms with E-state index >= 15 is 0 Å². The molecule has 3 atom stereocenters. The van der Waals surface area contributed by atoms with E-state index in [1.165, 1.54) is 45.8 Å². The largest absolute Gasteiger partial charge is 0.480 e. The lowest BCUT2D eigenvalue weighted by atomic mass is 9.99. The fourth-order valence-corrected chi connectivity index (χ4v) is 7.50. The molecule has 3 aromatic rings. The number of aliphatic carboxylic acids is 1. The van der Waals surface area contributed by atoms with E-state index in [9.17, 15) is 29.1 Å². The van der Waals surface area contributed by atoms with Gasteiger partial charge >= 0.3 is 12.1 Å². The summed E-state index contributed by atoms with van der Waals surface area (Å²) in [7, 11) is 0. The van der Waals surface area contributed by atoms with Crippen LogP contribution in [0.15, 0.2) is 78.9 Å². The summed E-state index contributed by atoms with van der Waals surface area (Å²) in [4.78, 5) is 64.0. The second kappa shape index (κ2) is 19.8. The third-order valence-corrected chi connectivity index (χ3v) is 10.1. The number of carbonyl (C=O) groups is 5. The highest BCUT2D eigenvalue weighted by molar-refractivity contribution is 7.99. The third-order valence-electron chi connectivity index (χ3n) is 8.36. The molecule has 0 aromatic heterocycles. The van der Waals surface area contributed by atoms with Gasteiger partial charge in [0.05, 0.1) is 6.54 Å². The van der Waals surface area contributed by atoms with Crippen molar-refractivity contribution in [3.63, 3.8) is 0 Å². The Hall–Kier alpha value is -4.49. The van der Waals surface area contributed by atoms with Crippen molar-refractivity contribution in [2.45, 2.75) is 57.3 Å². The Labute approximate surface area is 307 Å². The highest BCUT2D eigenvalue weighted by atomic mass is 32.2. The number of benzene rings is 3. The van der Waals surface area contributed by atoms with Crippen LogP contribution in [0.5, 0.6) is 0 Å². The van der Waals surface area contributed by atoms with Crippen molar-refractivity contribution in [2.75, 3.05) is 30.1 Å². The minimum atomic E-state index is -1.18. The highest BCUT2D eigenvalue weighted by Crippen LogP contribution is 2.45. The van der Waals surface area contributed by atoms with Crippen molar-refractivity contribution in [3.8, 4) is 11.1 Å². The van der Waals surface area contributed by atoms with Gasteiger partial charge in [0.25, 0.3) is 0 Å². The molecular formula is C38H46N4O7S2. The SMILES string of the molecule is CSCC[C@H](NC(=O)[C@H](CC(C)C)NC(=O)OCc1ccccc1)C(=O)NCC(=O)N[C@@H](CSCC1c2ccccc2-c2ccccc21)C(=O)O. The van der Waals surface area contributed by atoms with Gasteiger partial charge in [0.1, 0.15) is 24.7 Å². The van der Waals surface area contributed by atoms with E-state index in [-0.39, 0.29) is 30.6 Å². The predicted molar refractivity (Wildman–Crippen MR) is 202 cm³/mol. The van der Waals surface area contributed by atoms with Crippen LogP contribution in [0.1, 0.15) is 49.3 Å². The summed E-state index contributed by atoms with van der Waals surface area (Å²) in [6, 6.07) is 22.4. The summed E-state index contributed by atoms with van der Waals surface area (Å²) in [5, 5.41) is 20.2. The zero-order valence-corrected chi connectivity index (χ0v) is 30.7. The summed E-state index contributed by atoms with van der Waals surface area (Å²) in [6.45, 7) is 3.38. The Morgan fingerprint density at radius 3 is 2.02 bits per heavy atom. The van der Waals surface area contributed by atoms with Gasteiger partial charge in [-0.2, -0.15) is 23.5 Å². The molecule has 0 heterocycles. The summed E-state index contributed by atoms with van der Waals surface area (Å²) < 4.78 is 5.30. The van der Waals surface area contributed by atoms with Gasteiger partial charge in [-0.3, -0.25) is 14.4 Å². The van der Waals surface area contributed by atoms with E-state index in [1.54, 1.807) is 0 Å². The molecule has 3 aromatic carbocycles. The maximum Gasteiger partial charge on any atom is 0.408 e. The Balaban J connectivity index is 1.28. The normalized spacial score (nSPS) is 13.6. The van der Waals surface area contributed by atoms with Crippen LogP contribution in [0, 0.1) is 5.92 Å². The molecule has 0 fully saturated rings. The van der Waals surface area contributed by atoms with Gasteiger partial charge in [-0.15, -0.1) is 0 Å². The lowest BCUT2D eigenvalue weighted by molar-refractivity contribution is -0.141. The molecule has 4 amide bonds. The van der Waals surface area contributed by atoms with Crippen molar-refractivity contribution in [2.24, 2.45) is 5.92 Å². The van der Waals surface area contributed by atoms with Crippen molar-refractivity contribution in [3.05, 3.63) is 95.6 Å². The molecule has 11 nitrogen and oxygen atoms in total. The summed E-state index contributed by atoms with van der Waals surface area (Å²) in [5.41, 5.74) is 5.55. The van der Waals surface area contributed by atoms with E-state index in [0.717, 1.165) is 5.56 Å². The average Bonchev–Trinajstić information content (AvgIpc) is 3.44. The van der Waals surface area contributed by atoms with Crippen molar-refractivity contribution in [1.82, 2.24) is 21.3 Å². The molecule has 0 saturated carbocycles. The predicted octanol–water partition coefficient (Wildman–Crippen LogP) is 4.80. The van der Waals surface area contributed by atoms with Gasteiger partial charge in [-0.25, -0.2) is 9.59 Å². The average molecular weight is 735 g/mol. The standard InChI is InChI=1S/C38H46N4O7S2/c1-24(2)19-32(42-38(48)49-21-25-11-5-4-6-12-25)36(45)41-31(17-18-50-3)35(44)39-20-34(43)40-33(37(46)47)23-51-22-30-28-15-9-7-13-26(28)27-14-8-10-16-29(27)30/h4-16,24,30-33H,17-23H2,1-3H3,(H,39,44)(H,40,43)(H,41,45)(H,42,48)(H,46,47)/t31-,32-,33-/m0/s1. The summed E-state index contributed by atoms with van der Waals surface area (Å²) >= 11 is 2.93. The summed E-state index contributed by atoms with van der Waals surface area (Å²) in [5.74, 6) is -1.52. The van der Waals surface area contributed by atoms with Gasteiger partial charge in [-0.1, -0.05) is 92.7 Å². The number of carbonyl (C=O) groups excluding carboxylic acids is 4. The van der Waals surface area contributed by atoms with E-state index in [2.05, 4.69) is 45.5 Å². The molecule has 0 saturated heterocycles. The number of ether oxygens (including phenoxy) is 1. The number of nitrogens with one attached hydrogen (secondary N) is 4. The van der Waals surface area contributed by atoms with Gasteiger partial charge in [0.2, 0.25) is 17.7 Å². The van der Waals surface area contributed by atoms with E-state index in [4.69, 9.17) is 4.74 Å². The summed E-state index contributed by atoms with van der Waals surface area (Å²) in [6.07, 6.45) is 1.68. The fraction of sp³-hybridized carbons (Fsp3) is 0.395. The molecule has 0 aliphatic heterocycles. The number of rotatable bonds is 19. The number of carboxylic acid groups (broad SMARTS) is 1. The smallest absolute Gasteiger partial charge is 0.408 e. The third kappa shape index (κ3) is 11.8. The molecule has 5 N–H and O–H groups in total. The first-order valence-electron chi connectivity index (χ1n) is 16.9. The number of hydrogen-bond donors (Lipinski definition) is 5. The molecule has 4 rings (SSSR count). The molecular weight excluding hydrogens is 689 g/mol. The van der Waals surface area contributed by atoms with Gasteiger partial charge in [0, 0.05) is 17.4 Å². The Kier molecular flexibility index (Phi) is 15.2. The van der Waals surface area contributed by atoms with Crippen molar-refractivity contribution in [1.29, 1.82) is 0 Å². The van der Waals surface area contributed by atoms with Crippen LogP contribution < -0.4 is 21.3 Å². The minimum absolute atomic E-state index is 0.0362. The van der Waals surface area contributed by atoms with Crippen LogP contribution in [0.25, 0.3) is 11.1 Å². The lowest BCUT2D eigenvalue weighted by Crippen LogP contribution is -2.55. The minimum Gasteiger partial charge on any atom is -0.480 e. The first kappa shape index (κ1) is 39.3. The van der Waals surface area contributed by atoms with Crippen LogP contribution in [0.2, 0.25) is 0 Å². The van der Waals surface area contributed by atoms with Crippen LogP contribution in [0.3, 0.4) is 0 Å². The molecule has 0 bridgehead atoms. The number of alkyl carbamates (subject to hydrolysis) is 1. The van der Waals surface area contributed by atoms with Gasteiger partial charge in [0.15, 0.2) is 0 Å². The van der Waals surface area contributed by atoms with Crippen LogP contribution >= 0.6 is 23.5 Å². The zero-order valence-electron chi connectivity index (χ0n) is 29.1. The maximum atomic E-state index is 13.3. The van der Waals surface area contributed by atoms with E-state index < -0.39 is 54.5 Å². The lowest BCUT2D eigenvalue weighted by Gasteiger charge is -2.24. The number of thioether (sulfide) groups is 2. The second-order valence-corrected chi connectivity index (χ2v) is 14.7. The monoisotopic (exact) mass is 734 g/mol. The molecule has 272 valence electrons. The van der Waals surface area contributed by atoms with Crippen LogP contribution in [-0.4, -0.2) is 83.1 Å². The first-order valence-corrected chi connectivity index (χ1v) is 19.4. The molecule has 0 unspecified atom stereocenters. The Bertz CT molecular complexity index is 1610. The quantitative estimate of drug-likeness (QED) is 0.117. The number of carboxylic acids is 1. The maximum absolute atomic E-state index is 13.3. The highest BCUT2D eigenvalue weighted by Gasteiger charge is 2.30.